The van der Waals surface area contributed by atoms with Crippen molar-refractivity contribution in [3.63, 3.8) is 0 Å². The first-order valence-corrected chi connectivity index (χ1v) is 2.81. The van der Waals surface area contributed by atoms with Gasteiger partial charge in [0.2, 0.25) is 0 Å². The van der Waals surface area contributed by atoms with Crippen molar-refractivity contribution in [1.82, 2.24) is 0 Å². The Morgan fingerprint density at radius 2 is 1.42 bits per heavy atom. The van der Waals surface area contributed by atoms with Crippen LogP contribution in [0.25, 0.3) is 0 Å². The second-order valence-electron chi connectivity index (χ2n) is 1.92. The number of hydrogen-bond donors (Lipinski definition) is 1. The van der Waals surface area contributed by atoms with E-state index in [2.05, 4.69) is 0 Å². The van der Waals surface area contributed by atoms with Gasteiger partial charge in [0.25, 0.3) is 0 Å². The van der Waals surface area contributed by atoms with Gasteiger partial charge in [0.05, 0.1) is 0 Å². The van der Waals surface area contributed by atoms with E-state index in [1.807, 2.05) is 0 Å². The van der Waals surface area contributed by atoms with Gasteiger partial charge in [0.1, 0.15) is 5.75 Å². The monoisotopic (exact) mass is 214 g/mol. The van der Waals surface area contributed by atoms with Gasteiger partial charge in [0.15, 0.2) is 0 Å². The predicted molar refractivity (Wildman–Crippen MR) is 33.5 cm³/mol. The van der Waals surface area contributed by atoms with Crippen molar-refractivity contribution in [2.75, 3.05) is 0 Å². The molecule has 1 aromatic carbocycles. The summed E-state index contributed by atoms with van der Waals surface area (Å²) in [5.41, 5.74) is 0.151. The molecule has 0 amide bonds. The third kappa shape index (κ3) is 5.89. The molecule has 52 valence electrons. The summed E-state index contributed by atoms with van der Waals surface area (Å²) in [7, 11) is -1.96. The van der Waals surface area contributed by atoms with Gasteiger partial charge < -0.3 is 15.2 Å². The first kappa shape index (κ1) is 16.7. The molecule has 1 aromatic rings. The van der Waals surface area contributed by atoms with Crippen LogP contribution in [0.4, 0.5) is 0 Å². The number of phenolic OH excluding ortho intramolecular Hbond substituents is 1. The van der Waals surface area contributed by atoms with E-state index in [0.717, 1.165) is 0 Å². The molecule has 0 saturated heterocycles. The number of hydrogen-bond acceptors (Lipinski definition) is 3. The average Bonchev–Trinajstić information content (AvgIpc) is 1.88. The Labute approximate surface area is 157 Å². The van der Waals surface area contributed by atoms with Crippen LogP contribution in [-0.2, 0) is 0 Å². The second kappa shape index (κ2) is 8.58. The Hall–Kier alpha value is 2.28. The zero-order valence-corrected chi connectivity index (χ0v) is 13.4. The average molecular weight is 214 g/mol. The molecule has 0 bridgehead atoms. The van der Waals surface area contributed by atoms with Crippen LogP contribution >= 0.6 is 0 Å². The summed E-state index contributed by atoms with van der Waals surface area (Å²) in [5, 5.41) is 29.1. The number of benzene rings is 1. The number of aromatic hydroxyl groups is 1. The third-order valence-corrected chi connectivity index (χ3v) is 1.17. The van der Waals surface area contributed by atoms with Crippen molar-refractivity contribution in [2.45, 2.75) is 0 Å². The van der Waals surface area contributed by atoms with Gasteiger partial charge in [-0.15, -0.1) is 5.46 Å². The molecule has 3 nitrogen and oxygen atoms in total. The maximum absolute atomic E-state index is 10.2. The van der Waals surface area contributed by atoms with Gasteiger partial charge >= 0.3 is 103 Å². The molecule has 0 heterocycles. The van der Waals surface area contributed by atoms with Crippen molar-refractivity contribution >= 4 is 12.6 Å². The molecule has 0 radical (unpaired) electrons. The summed E-state index contributed by atoms with van der Waals surface area (Å²) in [4.78, 5) is 0. The van der Waals surface area contributed by atoms with Crippen molar-refractivity contribution in [3.05, 3.63) is 24.3 Å². The first-order valence-electron chi connectivity index (χ1n) is 2.81. The van der Waals surface area contributed by atoms with Crippen molar-refractivity contribution < 1.29 is 118 Å². The Bertz CT molecular complexity index is 215. The Kier molecular flexibility index (Phi) is 11.9. The summed E-state index contributed by atoms with van der Waals surface area (Å²) < 4.78 is 0. The summed E-state index contributed by atoms with van der Waals surface area (Å²) in [5.74, 6) is 0.0596. The SMILES string of the molecule is [K+].[K+].[O-]B([O-])c1ccc(O)cc1. The van der Waals surface area contributed by atoms with Gasteiger partial charge in [-0.2, -0.15) is 0 Å². The molecule has 0 saturated carbocycles. The van der Waals surface area contributed by atoms with Crippen molar-refractivity contribution in [2.24, 2.45) is 0 Å². The summed E-state index contributed by atoms with van der Waals surface area (Å²) in [6.07, 6.45) is 0. The van der Waals surface area contributed by atoms with Gasteiger partial charge in [0, 0.05) is 0 Å². The minimum Gasteiger partial charge on any atom is -0.889 e. The van der Waals surface area contributed by atoms with E-state index in [9.17, 15) is 10.0 Å². The molecule has 0 atom stereocenters. The van der Waals surface area contributed by atoms with Gasteiger partial charge in [-0.25, -0.2) is 0 Å². The Morgan fingerprint density at radius 1 is 1.00 bits per heavy atom. The molecule has 0 spiro atoms. The zero-order chi connectivity index (χ0) is 7.56. The van der Waals surface area contributed by atoms with Crippen LogP contribution in [0.2, 0.25) is 0 Å². The minimum absolute atomic E-state index is 0. The molecular weight excluding hydrogens is 209 g/mol. The summed E-state index contributed by atoms with van der Waals surface area (Å²) in [6.45, 7) is 0. The molecule has 0 unspecified atom stereocenters. The topological polar surface area (TPSA) is 66.3 Å². The molecule has 0 aliphatic rings. The molecule has 12 heavy (non-hydrogen) atoms. The van der Waals surface area contributed by atoms with Crippen LogP contribution < -0.4 is 118 Å². The van der Waals surface area contributed by atoms with Crippen LogP contribution in [0.3, 0.4) is 0 Å². The molecule has 0 fully saturated rings. The van der Waals surface area contributed by atoms with E-state index >= 15 is 0 Å². The van der Waals surface area contributed by atoms with E-state index in [1.54, 1.807) is 0 Å². The molecule has 0 aromatic heterocycles. The van der Waals surface area contributed by atoms with E-state index in [4.69, 9.17) is 5.11 Å². The smallest absolute Gasteiger partial charge is 0.889 e. The quantitative estimate of drug-likeness (QED) is 0.472. The van der Waals surface area contributed by atoms with Crippen LogP contribution in [0.1, 0.15) is 0 Å². The number of phenols is 1. The normalized spacial score (nSPS) is 7.83. The fourth-order valence-corrected chi connectivity index (χ4v) is 0.631. The molecule has 1 N–H and O–H groups in total. The van der Waals surface area contributed by atoms with E-state index in [-0.39, 0.29) is 114 Å². The Balaban J connectivity index is 0. The Morgan fingerprint density at radius 3 is 1.75 bits per heavy atom. The molecular formula is C6H5BK2O3. The van der Waals surface area contributed by atoms with Crippen LogP contribution in [-0.4, -0.2) is 12.2 Å². The van der Waals surface area contributed by atoms with Gasteiger partial charge in [-0.1, -0.05) is 19.3 Å². The molecule has 6 heteroatoms. The molecule has 0 aliphatic carbocycles. The fourth-order valence-electron chi connectivity index (χ4n) is 0.631. The van der Waals surface area contributed by atoms with Gasteiger partial charge in [-0.05, 0) is 12.1 Å². The van der Waals surface area contributed by atoms with E-state index < -0.39 is 7.12 Å². The van der Waals surface area contributed by atoms with Gasteiger partial charge in [-0.3, -0.25) is 0 Å². The van der Waals surface area contributed by atoms with E-state index in [1.165, 1.54) is 24.3 Å². The minimum atomic E-state index is -1.96. The van der Waals surface area contributed by atoms with Crippen LogP contribution in [0.15, 0.2) is 24.3 Å². The third-order valence-electron chi connectivity index (χ3n) is 1.17. The standard InChI is InChI=1S/C6H5BO3.2K/c8-6-3-1-5(2-4-6)7(9)10;;/h1-4,8H;;/q-2;2*+1. The van der Waals surface area contributed by atoms with E-state index in [0.29, 0.717) is 0 Å². The predicted octanol–water partition coefficient (Wildman–Crippen LogP) is -8.18. The van der Waals surface area contributed by atoms with Crippen molar-refractivity contribution in [1.29, 1.82) is 0 Å². The number of rotatable bonds is 1. The fraction of sp³-hybridized carbons (Fsp3) is 0. The van der Waals surface area contributed by atoms with Crippen LogP contribution in [0, 0.1) is 0 Å². The second-order valence-corrected chi connectivity index (χ2v) is 1.92. The van der Waals surface area contributed by atoms with Crippen molar-refractivity contribution in [3.8, 4) is 5.75 Å². The maximum Gasteiger partial charge on any atom is 1.00 e. The summed E-state index contributed by atoms with van der Waals surface area (Å²) in [6, 6.07) is 5.27. The molecule has 0 aliphatic heterocycles. The maximum atomic E-state index is 10.2. The molecule has 1 rings (SSSR count). The summed E-state index contributed by atoms with van der Waals surface area (Å²) >= 11 is 0. The largest absolute Gasteiger partial charge is 1.00 e. The van der Waals surface area contributed by atoms with Crippen LogP contribution in [0.5, 0.6) is 5.75 Å². The first-order chi connectivity index (χ1) is 4.70. The zero-order valence-electron chi connectivity index (χ0n) is 7.15.